The summed E-state index contributed by atoms with van der Waals surface area (Å²) in [5.41, 5.74) is 0. The Labute approximate surface area is 91.2 Å². The van der Waals surface area contributed by atoms with E-state index in [9.17, 15) is 8.42 Å². The Morgan fingerprint density at radius 2 is 2.00 bits per heavy atom. The van der Waals surface area contributed by atoms with Crippen molar-refractivity contribution in [3.63, 3.8) is 0 Å². The van der Waals surface area contributed by atoms with Crippen LogP contribution >= 0.6 is 22.3 Å². The predicted molar refractivity (Wildman–Crippen MR) is 62.4 cm³/mol. The van der Waals surface area contributed by atoms with Crippen LogP contribution in [0.25, 0.3) is 0 Å². The van der Waals surface area contributed by atoms with Crippen LogP contribution in [0, 0.1) is 0 Å². The minimum Gasteiger partial charge on any atom is -0.206 e. The molecule has 0 saturated heterocycles. The molecule has 1 N–H and O–H groups in total. The van der Waals surface area contributed by atoms with E-state index in [0.29, 0.717) is 0 Å². The van der Waals surface area contributed by atoms with Crippen LogP contribution in [-0.2, 0) is 10.0 Å². The van der Waals surface area contributed by atoms with Crippen LogP contribution in [0.1, 0.15) is 0 Å². The first-order chi connectivity index (χ1) is 6.43. The van der Waals surface area contributed by atoms with E-state index in [0.717, 1.165) is 0 Å². The van der Waals surface area contributed by atoms with Gasteiger partial charge in [0.2, 0.25) is 0 Å². The van der Waals surface area contributed by atoms with Crippen LogP contribution in [0.3, 0.4) is 0 Å². The fourth-order valence-corrected chi connectivity index (χ4v) is 3.78. The third-order valence-electron chi connectivity index (χ3n) is 1.38. The normalized spacial score (nSPS) is 13.9. The maximum atomic E-state index is 11.6. The molecule has 0 aliphatic heterocycles. The highest BCUT2D eigenvalue weighted by atomic mass is 35.5. The SMILES string of the molecule is C=S(C)NS(=O)(=O)c1ccccc1Cl. The zero-order valence-electron chi connectivity index (χ0n) is 7.53. The summed E-state index contributed by atoms with van der Waals surface area (Å²) in [6.07, 6.45) is 1.67. The Morgan fingerprint density at radius 1 is 1.43 bits per heavy atom. The molecule has 78 valence electrons. The minimum absolute atomic E-state index is 0.0877. The van der Waals surface area contributed by atoms with E-state index in [1.807, 2.05) is 0 Å². The third-order valence-corrected chi connectivity index (χ3v) is 4.77. The van der Waals surface area contributed by atoms with Crippen LogP contribution in [0.2, 0.25) is 5.02 Å². The van der Waals surface area contributed by atoms with E-state index in [4.69, 9.17) is 11.6 Å². The van der Waals surface area contributed by atoms with Crippen molar-refractivity contribution in [3.8, 4) is 0 Å². The Morgan fingerprint density at radius 3 is 2.50 bits per heavy atom. The zero-order valence-corrected chi connectivity index (χ0v) is 9.92. The maximum Gasteiger partial charge on any atom is 0.250 e. The number of hydrogen-bond donors (Lipinski definition) is 1. The lowest BCUT2D eigenvalue weighted by Gasteiger charge is -2.07. The van der Waals surface area contributed by atoms with E-state index >= 15 is 0 Å². The second-order valence-corrected chi connectivity index (χ2v) is 6.45. The van der Waals surface area contributed by atoms with E-state index in [1.54, 1.807) is 18.4 Å². The Bertz CT molecular complexity index is 456. The lowest BCUT2D eigenvalue weighted by atomic mass is 10.4. The van der Waals surface area contributed by atoms with E-state index in [-0.39, 0.29) is 9.92 Å². The van der Waals surface area contributed by atoms with Gasteiger partial charge in [-0.05, 0) is 18.4 Å². The molecule has 0 amide bonds. The minimum atomic E-state index is -3.52. The van der Waals surface area contributed by atoms with Crippen LogP contribution in [0.5, 0.6) is 0 Å². The summed E-state index contributed by atoms with van der Waals surface area (Å²) in [5, 5.41) is 0.213. The summed E-state index contributed by atoms with van der Waals surface area (Å²) < 4.78 is 25.7. The molecule has 3 nitrogen and oxygen atoms in total. The van der Waals surface area contributed by atoms with Crippen LogP contribution in [-0.4, -0.2) is 20.5 Å². The molecule has 0 heterocycles. The van der Waals surface area contributed by atoms with Gasteiger partial charge in [0.1, 0.15) is 4.90 Å². The van der Waals surface area contributed by atoms with Gasteiger partial charge >= 0.3 is 0 Å². The second kappa shape index (κ2) is 4.44. The molecule has 0 aromatic heterocycles. The summed E-state index contributed by atoms with van der Waals surface area (Å²) in [5.74, 6) is 3.57. The van der Waals surface area contributed by atoms with E-state index in [2.05, 4.69) is 10.00 Å². The highest BCUT2D eigenvalue weighted by molar-refractivity contribution is 8.19. The quantitative estimate of drug-likeness (QED) is 0.834. The summed E-state index contributed by atoms with van der Waals surface area (Å²) >= 11 is 5.76. The number of hydrogen-bond acceptors (Lipinski definition) is 2. The van der Waals surface area contributed by atoms with Gasteiger partial charge < -0.3 is 0 Å². The van der Waals surface area contributed by atoms with Crippen LogP contribution < -0.4 is 4.13 Å². The standard InChI is InChI=1S/C8H10ClNO2S2/c1-13(2)10-14(11,12)8-6-4-3-5-7(8)9/h3-6,10H,1H2,2H3. The van der Waals surface area contributed by atoms with Gasteiger partial charge in [-0.2, -0.15) is 4.13 Å². The molecule has 1 unspecified atom stereocenters. The summed E-state index contributed by atoms with van der Waals surface area (Å²) in [7, 11) is -4.16. The van der Waals surface area contributed by atoms with Crippen molar-refractivity contribution in [2.24, 2.45) is 0 Å². The molecule has 0 fully saturated rings. The van der Waals surface area contributed by atoms with Crippen molar-refractivity contribution < 1.29 is 8.42 Å². The van der Waals surface area contributed by atoms with Crippen molar-refractivity contribution in [1.82, 2.24) is 4.13 Å². The Hall–Kier alpha value is -0.360. The number of sulfonamides is 1. The van der Waals surface area contributed by atoms with Gasteiger partial charge in [-0.25, -0.2) is 8.42 Å². The van der Waals surface area contributed by atoms with Gasteiger partial charge in [0.05, 0.1) is 5.02 Å². The Balaban J connectivity index is 3.17. The monoisotopic (exact) mass is 251 g/mol. The topological polar surface area (TPSA) is 46.2 Å². The molecule has 1 rings (SSSR count). The molecule has 0 aliphatic carbocycles. The van der Waals surface area contributed by atoms with Crippen molar-refractivity contribution in [1.29, 1.82) is 0 Å². The summed E-state index contributed by atoms with van der Waals surface area (Å²) in [6.45, 7) is 0. The van der Waals surface area contributed by atoms with E-state index < -0.39 is 20.7 Å². The van der Waals surface area contributed by atoms with Gasteiger partial charge in [0.25, 0.3) is 10.0 Å². The molecule has 0 aliphatic rings. The maximum absolute atomic E-state index is 11.6. The molecule has 14 heavy (non-hydrogen) atoms. The predicted octanol–water partition coefficient (Wildman–Crippen LogP) is 1.86. The first-order valence-corrected chi connectivity index (χ1v) is 7.32. The number of nitrogens with one attached hydrogen (secondary N) is 1. The number of benzene rings is 1. The lowest BCUT2D eigenvalue weighted by Crippen LogP contribution is -2.18. The van der Waals surface area contributed by atoms with Crippen molar-refractivity contribution in [2.75, 3.05) is 6.26 Å². The smallest absolute Gasteiger partial charge is 0.206 e. The molecular weight excluding hydrogens is 242 g/mol. The van der Waals surface area contributed by atoms with Crippen molar-refractivity contribution >= 4 is 38.2 Å². The largest absolute Gasteiger partial charge is 0.250 e. The fraction of sp³-hybridized carbons (Fsp3) is 0.125. The molecule has 1 aromatic carbocycles. The van der Waals surface area contributed by atoms with Gasteiger partial charge in [-0.15, -0.1) is 10.7 Å². The van der Waals surface area contributed by atoms with Crippen molar-refractivity contribution in [2.45, 2.75) is 4.90 Å². The van der Waals surface area contributed by atoms with Gasteiger partial charge in [-0.3, -0.25) is 0 Å². The third kappa shape index (κ3) is 2.81. The zero-order chi connectivity index (χ0) is 10.8. The molecule has 0 saturated carbocycles. The Kier molecular flexibility index (Phi) is 3.71. The fourth-order valence-electron chi connectivity index (χ4n) is 0.895. The highest BCUT2D eigenvalue weighted by Gasteiger charge is 2.16. The second-order valence-electron chi connectivity index (χ2n) is 2.65. The van der Waals surface area contributed by atoms with Gasteiger partial charge in [-0.1, -0.05) is 29.6 Å². The van der Waals surface area contributed by atoms with Crippen LogP contribution in [0.4, 0.5) is 0 Å². The molecule has 0 spiro atoms. The summed E-state index contributed by atoms with van der Waals surface area (Å²) in [6, 6.07) is 6.29. The molecule has 0 bridgehead atoms. The first kappa shape index (κ1) is 11.7. The average Bonchev–Trinajstić information content (AvgIpc) is 2.02. The molecule has 1 aromatic rings. The van der Waals surface area contributed by atoms with E-state index in [1.165, 1.54) is 12.1 Å². The highest BCUT2D eigenvalue weighted by Crippen LogP contribution is 2.21. The number of halogens is 1. The summed E-state index contributed by atoms with van der Waals surface area (Å²) in [4.78, 5) is 0.0877. The molecular formula is C8H10ClNO2S2. The first-order valence-electron chi connectivity index (χ1n) is 3.66. The van der Waals surface area contributed by atoms with Crippen LogP contribution in [0.15, 0.2) is 29.2 Å². The number of rotatable bonds is 3. The molecule has 0 radical (unpaired) electrons. The lowest BCUT2D eigenvalue weighted by molar-refractivity contribution is 0.594. The average molecular weight is 252 g/mol. The van der Waals surface area contributed by atoms with Gasteiger partial charge in [0, 0.05) is 0 Å². The molecule has 1 atom stereocenters. The van der Waals surface area contributed by atoms with Crippen molar-refractivity contribution in [3.05, 3.63) is 29.3 Å². The van der Waals surface area contributed by atoms with Gasteiger partial charge in [0.15, 0.2) is 0 Å². The molecule has 6 heteroatoms.